The third-order valence-electron chi connectivity index (χ3n) is 2.33. The normalized spacial score (nSPS) is 12.3. The quantitative estimate of drug-likeness (QED) is 0.682. The molecule has 0 saturated heterocycles. The summed E-state index contributed by atoms with van der Waals surface area (Å²) >= 11 is 0. The van der Waals surface area contributed by atoms with Crippen molar-refractivity contribution in [2.45, 2.75) is 6.10 Å². The lowest BCUT2D eigenvalue weighted by molar-refractivity contribution is -0.125. The molecule has 1 atom stereocenters. The van der Waals surface area contributed by atoms with Crippen LogP contribution in [-0.2, 0) is 4.79 Å². The Labute approximate surface area is 97.5 Å². The van der Waals surface area contributed by atoms with Gasteiger partial charge >= 0.3 is 0 Å². The van der Waals surface area contributed by atoms with E-state index >= 15 is 0 Å². The van der Waals surface area contributed by atoms with Crippen molar-refractivity contribution < 1.29 is 9.90 Å². The lowest BCUT2D eigenvalue weighted by Gasteiger charge is -2.10. The largest absolute Gasteiger partial charge is 0.381 e. The second-order valence-corrected chi connectivity index (χ2v) is 3.54. The van der Waals surface area contributed by atoms with E-state index in [-0.39, 0.29) is 6.54 Å². The number of nitrogens with one attached hydrogen (secondary N) is 1. The third-order valence-corrected chi connectivity index (χ3v) is 2.33. The van der Waals surface area contributed by atoms with Gasteiger partial charge in [-0.1, -0.05) is 12.1 Å². The topological polar surface area (TPSA) is 101 Å². The number of para-hydroxylation sites is 1. The fourth-order valence-electron chi connectivity index (χ4n) is 1.44. The van der Waals surface area contributed by atoms with Gasteiger partial charge in [0.15, 0.2) is 0 Å². The molecular formula is C11H12N4O2. The second kappa shape index (κ2) is 4.75. The van der Waals surface area contributed by atoms with Gasteiger partial charge in [0.25, 0.3) is 0 Å². The molecule has 4 N–H and O–H groups in total. The van der Waals surface area contributed by atoms with Crippen LogP contribution in [-0.4, -0.2) is 33.6 Å². The van der Waals surface area contributed by atoms with Gasteiger partial charge < -0.3 is 16.2 Å². The number of carbonyl (C=O) groups excluding carboxylic acids is 1. The number of fused-ring (bicyclic) bond motifs is 1. The monoisotopic (exact) mass is 232 g/mol. The zero-order valence-electron chi connectivity index (χ0n) is 9.00. The summed E-state index contributed by atoms with van der Waals surface area (Å²) in [4.78, 5) is 18.8. The minimum absolute atomic E-state index is 0.0241. The van der Waals surface area contributed by atoms with Crippen LogP contribution in [0.5, 0.6) is 0 Å². The van der Waals surface area contributed by atoms with E-state index in [1.54, 1.807) is 0 Å². The number of anilines is 1. The highest BCUT2D eigenvalue weighted by Crippen LogP contribution is 2.17. The first-order valence-electron chi connectivity index (χ1n) is 5.09. The molecule has 88 valence electrons. The molecule has 2 aromatic rings. The Hall–Kier alpha value is -2.21. The summed E-state index contributed by atoms with van der Waals surface area (Å²) in [6.07, 6.45) is 0.185. The van der Waals surface area contributed by atoms with E-state index in [1.165, 1.54) is 6.33 Å². The molecule has 0 aliphatic rings. The lowest BCUT2D eigenvalue weighted by atomic mass is 10.2. The standard InChI is InChI=1S/C11H12N4O2/c12-10(17)9(16)5-13-11-7-3-1-2-4-8(7)14-6-15-11/h1-4,6,9,16H,5H2,(H2,12,17)(H,13,14,15). The second-order valence-electron chi connectivity index (χ2n) is 3.54. The molecule has 17 heavy (non-hydrogen) atoms. The molecule has 2 rings (SSSR count). The number of primary amides is 1. The maximum Gasteiger partial charge on any atom is 0.248 e. The minimum Gasteiger partial charge on any atom is -0.381 e. The minimum atomic E-state index is -1.23. The molecule has 6 heteroatoms. The van der Waals surface area contributed by atoms with Crippen molar-refractivity contribution in [1.82, 2.24) is 9.97 Å². The summed E-state index contributed by atoms with van der Waals surface area (Å²) in [5.41, 5.74) is 5.74. The molecule has 0 bridgehead atoms. The van der Waals surface area contributed by atoms with E-state index in [4.69, 9.17) is 5.73 Å². The van der Waals surface area contributed by atoms with E-state index in [9.17, 15) is 9.90 Å². The number of aliphatic hydroxyl groups is 1. The fraction of sp³-hybridized carbons (Fsp3) is 0.182. The Morgan fingerprint density at radius 1 is 1.41 bits per heavy atom. The van der Waals surface area contributed by atoms with Crippen LogP contribution >= 0.6 is 0 Å². The maximum atomic E-state index is 10.7. The summed E-state index contributed by atoms with van der Waals surface area (Å²) in [6, 6.07) is 7.44. The highest BCUT2D eigenvalue weighted by Gasteiger charge is 2.11. The Morgan fingerprint density at radius 2 is 2.18 bits per heavy atom. The van der Waals surface area contributed by atoms with Gasteiger partial charge in [-0.25, -0.2) is 9.97 Å². The molecule has 0 saturated carbocycles. The number of rotatable bonds is 4. The first-order chi connectivity index (χ1) is 8.18. The van der Waals surface area contributed by atoms with Gasteiger partial charge in [0.2, 0.25) is 5.91 Å². The molecule has 0 aliphatic carbocycles. The number of carbonyl (C=O) groups is 1. The van der Waals surface area contributed by atoms with E-state index < -0.39 is 12.0 Å². The number of nitrogens with zero attached hydrogens (tertiary/aromatic N) is 2. The number of hydrogen-bond donors (Lipinski definition) is 3. The van der Waals surface area contributed by atoms with Gasteiger partial charge in [0.1, 0.15) is 18.2 Å². The van der Waals surface area contributed by atoms with Crippen molar-refractivity contribution >= 4 is 22.6 Å². The van der Waals surface area contributed by atoms with E-state index in [1.807, 2.05) is 24.3 Å². The van der Waals surface area contributed by atoms with Crippen molar-refractivity contribution in [1.29, 1.82) is 0 Å². The van der Waals surface area contributed by atoms with Gasteiger partial charge in [-0.05, 0) is 12.1 Å². The average molecular weight is 232 g/mol. The van der Waals surface area contributed by atoms with Crippen LogP contribution in [0.15, 0.2) is 30.6 Å². The summed E-state index contributed by atoms with van der Waals surface area (Å²) in [7, 11) is 0. The van der Waals surface area contributed by atoms with Crippen LogP contribution in [0.4, 0.5) is 5.82 Å². The Kier molecular flexibility index (Phi) is 3.15. The number of aliphatic hydroxyl groups excluding tert-OH is 1. The molecule has 0 aliphatic heterocycles. The third kappa shape index (κ3) is 2.48. The Balaban J connectivity index is 2.21. The van der Waals surface area contributed by atoms with Crippen LogP contribution in [0.25, 0.3) is 10.9 Å². The Morgan fingerprint density at radius 3 is 2.94 bits per heavy atom. The maximum absolute atomic E-state index is 10.7. The van der Waals surface area contributed by atoms with E-state index in [2.05, 4.69) is 15.3 Å². The van der Waals surface area contributed by atoms with Crippen molar-refractivity contribution in [3.05, 3.63) is 30.6 Å². The molecule has 1 unspecified atom stereocenters. The van der Waals surface area contributed by atoms with E-state index in [0.717, 1.165) is 10.9 Å². The predicted octanol–water partition coefficient (Wildman–Crippen LogP) is -0.112. The molecule has 0 fully saturated rings. The number of benzene rings is 1. The van der Waals surface area contributed by atoms with Crippen LogP contribution in [0.1, 0.15) is 0 Å². The first-order valence-corrected chi connectivity index (χ1v) is 5.09. The van der Waals surface area contributed by atoms with Crippen molar-refractivity contribution in [3.8, 4) is 0 Å². The number of amides is 1. The summed E-state index contributed by atoms with van der Waals surface area (Å²) in [6.45, 7) is 0.0241. The van der Waals surface area contributed by atoms with Crippen molar-refractivity contribution in [3.63, 3.8) is 0 Å². The Bertz CT molecular complexity index is 538. The fourth-order valence-corrected chi connectivity index (χ4v) is 1.44. The number of aromatic nitrogens is 2. The van der Waals surface area contributed by atoms with Gasteiger partial charge in [-0.15, -0.1) is 0 Å². The molecule has 1 heterocycles. The lowest BCUT2D eigenvalue weighted by Crippen LogP contribution is -2.34. The smallest absolute Gasteiger partial charge is 0.248 e. The van der Waals surface area contributed by atoms with Crippen molar-refractivity contribution in [2.75, 3.05) is 11.9 Å². The first kappa shape index (κ1) is 11.3. The van der Waals surface area contributed by atoms with Gasteiger partial charge in [0, 0.05) is 5.39 Å². The molecule has 6 nitrogen and oxygen atoms in total. The molecule has 1 aromatic heterocycles. The summed E-state index contributed by atoms with van der Waals surface area (Å²) < 4.78 is 0. The van der Waals surface area contributed by atoms with Crippen LogP contribution in [0.3, 0.4) is 0 Å². The van der Waals surface area contributed by atoms with E-state index in [0.29, 0.717) is 5.82 Å². The molecule has 0 spiro atoms. The SMILES string of the molecule is NC(=O)C(O)CNc1ncnc2ccccc12. The molecule has 1 amide bonds. The molecular weight excluding hydrogens is 220 g/mol. The predicted molar refractivity (Wildman–Crippen MR) is 63.2 cm³/mol. The van der Waals surface area contributed by atoms with Crippen molar-refractivity contribution in [2.24, 2.45) is 5.73 Å². The van der Waals surface area contributed by atoms with Crippen LogP contribution in [0.2, 0.25) is 0 Å². The van der Waals surface area contributed by atoms with Gasteiger partial charge in [-0.2, -0.15) is 0 Å². The molecule has 1 aromatic carbocycles. The number of hydrogen-bond acceptors (Lipinski definition) is 5. The highest BCUT2D eigenvalue weighted by atomic mass is 16.3. The summed E-state index contributed by atoms with van der Waals surface area (Å²) in [5, 5.41) is 13.0. The van der Waals surface area contributed by atoms with Crippen LogP contribution < -0.4 is 11.1 Å². The highest BCUT2D eigenvalue weighted by molar-refractivity contribution is 5.89. The number of nitrogens with two attached hydrogens (primary N) is 1. The average Bonchev–Trinajstić information content (AvgIpc) is 2.35. The summed E-state index contributed by atoms with van der Waals surface area (Å²) in [5.74, 6) is -0.202. The zero-order chi connectivity index (χ0) is 12.3. The molecule has 0 radical (unpaired) electrons. The zero-order valence-corrected chi connectivity index (χ0v) is 9.00. The van der Waals surface area contributed by atoms with Crippen LogP contribution in [0, 0.1) is 0 Å². The van der Waals surface area contributed by atoms with Gasteiger partial charge in [0.05, 0.1) is 12.1 Å². The van der Waals surface area contributed by atoms with Gasteiger partial charge in [-0.3, -0.25) is 4.79 Å².